The number of benzene rings is 2. The van der Waals surface area contributed by atoms with E-state index in [9.17, 15) is 0 Å². The normalized spacial score (nSPS) is 10.9. The molecule has 0 aliphatic carbocycles. The van der Waals surface area contributed by atoms with Crippen LogP contribution in [-0.2, 0) is 0 Å². The first-order valence-electron chi connectivity index (χ1n) is 7.41. The highest BCUT2D eigenvalue weighted by molar-refractivity contribution is 6.30. The molecule has 0 aliphatic rings. The van der Waals surface area contributed by atoms with Crippen LogP contribution < -0.4 is 11.1 Å². The molecule has 0 fully saturated rings. The second-order valence-electron chi connectivity index (χ2n) is 5.43. The molecule has 4 N–H and O–H groups in total. The quantitative estimate of drug-likeness (QED) is 0.478. The molecule has 0 saturated carbocycles. The summed E-state index contributed by atoms with van der Waals surface area (Å²) in [5.74, 6) is 0.716. The number of hydrogen-bond donors (Lipinski definition) is 3. The van der Waals surface area contributed by atoms with Crippen LogP contribution in [0.5, 0.6) is 0 Å². The number of nitrogens with two attached hydrogens (primary N) is 1. The van der Waals surface area contributed by atoms with E-state index in [0.29, 0.717) is 10.8 Å². The molecular weight excluding hydrogens is 322 g/mol. The van der Waals surface area contributed by atoms with Crippen molar-refractivity contribution < 1.29 is 0 Å². The van der Waals surface area contributed by atoms with Gasteiger partial charge in [0.05, 0.1) is 5.39 Å². The van der Waals surface area contributed by atoms with Gasteiger partial charge in [-0.15, -0.1) is 0 Å². The summed E-state index contributed by atoms with van der Waals surface area (Å²) in [5, 5.41) is 4.85. The van der Waals surface area contributed by atoms with Crippen LogP contribution in [0.2, 0.25) is 5.02 Å². The Hall–Kier alpha value is -3.05. The van der Waals surface area contributed by atoms with Crippen molar-refractivity contribution in [2.24, 2.45) is 0 Å². The average Bonchev–Trinajstić information content (AvgIpc) is 3.00. The van der Waals surface area contributed by atoms with E-state index in [4.69, 9.17) is 17.3 Å². The van der Waals surface area contributed by atoms with Gasteiger partial charge in [0.15, 0.2) is 0 Å². The van der Waals surface area contributed by atoms with Gasteiger partial charge in [-0.05, 0) is 36.4 Å². The maximum atomic E-state index is 6.04. The Balaban J connectivity index is 1.77. The molecular formula is C18H14ClN5. The van der Waals surface area contributed by atoms with Gasteiger partial charge in [0.2, 0.25) is 0 Å². The third kappa shape index (κ3) is 2.77. The molecule has 4 aromatic rings. The highest BCUT2D eigenvalue weighted by Gasteiger charge is 2.10. The number of anilines is 3. The lowest BCUT2D eigenvalue weighted by molar-refractivity contribution is 1.20. The number of nitrogens with one attached hydrogen (secondary N) is 2. The lowest BCUT2D eigenvalue weighted by Gasteiger charge is -2.06. The number of aromatic nitrogens is 3. The number of fused-ring (bicyclic) bond motifs is 1. The van der Waals surface area contributed by atoms with Crippen LogP contribution in [0, 0.1) is 0 Å². The monoisotopic (exact) mass is 335 g/mol. The van der Waals surface area contributed by atoms with Crippen molar-refractivity contribution in [3.63, 3.8) is 0 Å². The van der Waals surface area contributed by atoms with Crippen molar-refractivity contribution in [2.75, 3.05) is 11.1 Å². The predicted octanol–water partition coefficient (Wildman–Crippen LogP) is 4.60. The fourth-order valence-corrected chi connectivity index (χ4v) is 2.79. The van der Waals surface area contributed by atoms with Crippen molar-refractivity contribution in [2.45, 2.75) is 0 Å². The summed E-state index contributed by atoms with van der Waals surface area (Å²) >= 11 is 6.04. The Kier molecular flexibility index (Phi) is 3.55. The molecule has 0 amide bonds. The van der Waals surface area contributed by atoms with Gasteiger partial charge in [0.25, 0.3) is 0 Å². The Bertz CT molecular complexity index is 1020. The molecule has 5 nitrogen and oxygen atoms in total. The highest BCUT2D eigenvalue weighted by atomic mass is 35.5. The van der Waals surface area contributed by atoms with Gasteiger partial charge in [0, 0.05) is 27.7 Å². The summed E-state index contributed by atoms with van der Waals surface area (Å²) in [6, 6.07) is 17.2. The highest BCUT2D eigenvalue weighted by Crippen LogP contribution is 2.29. The summed E-state index contributed by atoms with van der Waals surface area (Å²) in [6.07, 6.45) is 1.52. The smallest absolute Gasteiger partial charge is 0.143 e. The second-order valence-corrected chi connectivity index (χ2v) is 5.86. The minimum atomic E-state index is 0.666. The summed E-state index contributed by atoms with van der Waals surface area (Å²) in [5.41, 5.74) is 10.2. The van der Waals surface area contributed by atoms with Crippen LogP contribution in [-0.4, -0.2) is 15.0 Å². The molecule has 0 unspecified atom stereocenters. The number of halogens is 1. The standard InChI is InChI=1S/C18H14ClN5/c19-12-4-2-6-14(8-12)23-17-15-9-16(24-18(15)22-10-21-17)11-3-1-5-13(20)7-11/h1-10H,20H2,(H2,21,22,23,24). The minimum absolute atomic E-state index is 0.666. The van der Waals surface area contributed by atoms with Gasteiger partial charge in [-0.3, -0.25) is 0 Å². The Morgan fingerprint density at radius 3 is 2.71 bits per heavy atom. The first-order chi connectivity index (χ1) is 11.7. The van der Waals surface area contributed by atoms with Gasteiger partial charge >= 0.3 is 0 Å². The van der Waals surface area contributed by atoms with E-state index in [1.807, 2.05) is 54.6 Å². The lowest BCUT2D eigenvalue weighted by Crippen LogP contribution is -1.94. The van der Waals surface area contributed by atoms with Crippen molar-refractivity contribution >= 4 is 39.8 Å². The molecule has 4 rings (SSSR count). The Morgan fingerprint density at radius 1 is 1.00 bits per heavy atom. The van der Waals surface area contributed by atoms with Gasteiger partial charge in [0.1, 0.15) is 17.8 Å². The van der Waals surface area contributed by atoms with Crippen LogP contribution in [0.25, 0.3) is 22.3 Å². The fourth-order valence-electron chi connectivity index (χ4n) is 2.60. The Morgan fingerprint density at radius 2 is 1.88 bits per heavy atom. The second kappa shape index (κ2) is 5.86. The van der Waals surface area contributed by atoms with E-state index >= 15 is 0 Å². The molecule has 2 aromatic heterocycles. The molecule has 0 saturated heterocycles. The predicted molar refractivity (Wildman–Crippen MR) is 98.5 cm³/mol. The van der Waals surface area contributed by atoms with Crippen molar-refractivity contribution in [1.29, 1.82) is 0 Å². The molecule has 0 aliphatic heterocycles. The van der Waals surface area contributed by atoms with Gasteiger partial charge < -0.3 is 16.0 Å². The van der Waals surface area contributed by atoms with Crippen molar-refractivity contribution in [3.05, 3.63) is 65.9 Å². The minimum Gasteiger partial charge on any atom is -0.399 e. The first kappa shape index (κ1) is 14.5. The van der Waals surface area contributed by atoms with E-state index < -0.39 is 0 Å². The molecule has 6 heteroatoms. The summed E-state index contributed by atoms with van der Waals surface area (Å²) in [4.78, 5) is 12.0. The SMILES string of the molecule is Nc1cccc(-c2cc3c(Nc4cccc(Cl)c4)ncnc3[nH]2)c1. The first-order valence-corrected chi connectivity index (χ1v) is 7.79. The van der Waals surface area contributed by atoms with Gasteiger partial charge in [-0.1, -0.05) is 29.8 Å². The largest absolute Gasteiger partial charge is 0.399 e. The van der Waals surface area contributed by atoms with Crippen molar-refractivity contribution in [1.82, 2.24) is 15.0 Å². The molecule has 0 bridgehead atoms. The molecule has 24 heavy (non-hydrogen) atoms. The molecule has 2 heterocycles. The van der Waals surface area contributed by atoms with E-state index in [0.717, 1.165) is 33.7 Å². The maximum absolute atomic E-state index is 6.04. The summed E-state index contributed by atoms with van der Waals surface area (Å²) in [7, 11) is 0. The van der Waals surface area contributed by atoms with E-state index in [-0.39, 0.29) is 0 Å². The molecule has 0 atom stereocenters. The zero-order chi connectivity index (χ0) is 16.5. The maximum Gasteiger partial charge on any atom is 0.143 e. The van der Waals surface area contributed by atoms with Crippen LogP contribution in [0.1, 0.15) is 0 Å². The van der Waals surface area contributed by atoms with Crippen LogP contribution >= 0.6 is 11.6 Å². The number of aromatic amines is 1. The number of nitrogen functional groups attached to an aromatic ring is 1. The molecule has 118 valence electrons. The summed E-state index contributed by atoms with van der Waals surface area (Å²) < 4.78 is 0. The van der Waals surface area contributed by atoms with Crippen LogP contribution in [0.4, 0.5) is 17.2 Å². The van der Waals surface area contributed by atoms with Gasteiger partial charge in [-0.25, -0.2) is 9.97 Å². The third-order valence-corrected chi connectivity index (χ3v) is 3.95. The number of nitrogens with zero attached hydrogens (tertiary/aromatic N) is 2. The molecule has 0 radical (unpaired) electrons. The Labute approximate surface area is 143 Å². The zero-order valence-electron chi connectivity index (χ0n) is 12.6. The molecule has 2 aromatic carbocycles. The zero-order valence-corrected chi connectivity index (χ0v) is 13.4. The topological polar surface area (TPSA) is 79.6 Å². The number of hydrogen-bond acceptors (Lipinski definition) is 4. The lowest BCUT2D eigenvalue weighted by atomic mass is 10.1. The number of H-pyrrole nitrogens is 1. The fraction of sp³-hybridized carbons (Fsp3) is 0. The van der Waals surface area contributed by atoms with E-state index in [1.165, 1.54) is 6.33 Å². The van der Waals surface area contributed by atoms with Crippen LogP contribution in [0.3, 0.4) is 0 Å². The third-order valence-electron chi connectivity index (χ3n) is 3.71. The molecule has 0 spiro atoms. The van der Waals surface area contributed by atoms with Gasteiger partial charge in [-0.2, -0.15) is 0 Å². The average molecular weight is 336 g/mol. The van der Waals surface area contributed by atoms with E-state index in [2.05, 4.69) is 20.3 Å². The van der Waals surface area contributed by atoms with Crippen molar-refractivity contribution in [3.8, 4) is 11.3 Å². The van der Waals surface area contributed by atoms with Crippen LogP contribution in [0.15, 0.2) is 60.9 Å². The van der Waals surface area contributed by atoms with E-state index in [1.54, 1.807) is 0 Å². The summed E-state index contributed by atoms with van der Waals surface area (Å²) in [6.45, 7) is 0. The number of rotatable bonds is 3.